The summed E-state index contributed by atoms with van der Waals surface area (Å²) in [6.45, 7) is 0. The highest BCUT2D eigenvalue weighted by atomic mass is 32.2. The van der Waals surface area contributed by atoms with Crippen LogP contribution < -0.4 is 0 Å². The van der Waals surface area contributed by atoms with Gasteiger partial charge in [0, 0.05) is 24.2 Å². The van der Waals surface area contributed by atoms with Crippen molar-refractivity contribution in [2.24, 2.45) is 0 Å². The normalized spacial score (nSPS) is 11.5. The molecule has 0 saturated heterocycles. The highest BCUT2D eigenvalue weighted by Crippen LogP contribution is 2.22. The number of nitrogens with zero attached hydrogens (tertiary/aromatic N) is 2. The summed E-state index contributed by atoms with van der Waals surface area (Å²) in [5, 5.41) is 0.0933. The highest BCUT2D eigenvalue weighted by molar-refractivity contribution is 7.90. The Hall–Kier alpha value is -1.27. The monoisotopic (exact) mass is 240 g/mol. The molecule has 0 unspecified atom stereocenters. The summed E-state index contributed by atoms with van der Waals surface area (Å²) in [6, 6.07) is 3.24. The number of thiazole rings is 1. The minimum Gasteiger partial charge on any atom is -0.252 e. The highest BCUT2D eigenvalue weighted by Gasteiger charge is 2.08. The maximum atomic E-state index is 11.2. The summed E-state index contributed by atoms with van der Waals surface area (Å²) >= 11 is 1.49. The lowest BCUT2D eigenvalue weighted by Gasteiger charge is -1.98. The van der Waals surface area contributed by atoms with E-state index in [0.717, 1.165) is 16.7 Å². The smallest absolute Gasteiger partial charge is 0.192 e. The van der Waals surface area contributed by atoms with Gasteiger partial charge in [0.25, 0.3) is 0 Å². The zero-order chi connectivity index (χ0) is 10.9. The number of hydrogen-bond donors (Lipinski definition) is 0. The van der Waals surface area contributed by atoms with Crippen molar-refractivity contribution in [2.75, 3.05) is 6.26 Å². The van der Waals surface area contributed by atoms with E-state index < -0.39 is 9.84 Å². The molecule has 0 radical (unpaired) electrons. The molecule has 0 saturated carbocycles. The standard InChI is InChI=1S/C9H8N2O2S2/c1-15(12,13)9-3-2-7(4-11-9)8-5-10-6-14-8/h2-6H,1H3. The van der Waals surface area contributed by atoms with Gasteiger partial charge in [-0.05, 0) is 12.1 Å². The average molecular weight is 240 g/mol. The van der Waals surface area contributed by atoms with E-state index in [4.69, 9.17) is 0 Å². The molecule has 6 heteroatoms. The first-order valence-electron chi connectivity index (χ1n) is 4.12. The molecule has 0 aliphatic carbocycles. The summed E-state index contributed by atoms with van der Waals surface area (Å²) in [7, 11) is -3.21. The molecule has 0 spiro atoms. The summed E-state index contributed by atoms with van der Waals surface area (Å²) in [5.41, 5.74) is 2.60. The van der Waals surface area contributed by atoms with Crippen LogP contribution >= 0.6 is 11.3 Å². The van der Waals surface area contributed by atoms with Gasteiger partial charge in [0.2, 0.25) is 0 Å². The van der Waals surface area contributed by atoms with Crippen LogP contribution in [0.15, 0.2) is 35.1 Å². The Labute approximate surface area is 91.6 Å². The van der Waals surface area contributed by atoms with Gasteiger partial charge in [-0.3, -0.25) is 4.98 Å². The summed E-state index contributed by atoms with van der Waals surface area (Å²) < 4.78 is 22.3. The largest absolute Gasteiger partial charge is 0.252 e. The lowest BCUT2D eigenvalue weighted by Crippen LogP contribution is -1.99. The van der Waals surface area contributed by atoms with E-state index in [1.54, 1.807) is 24.0 Å². The van der Waals surface area contributed by atoms with Gasteiger partial charge in [-0.15, -0.1) is 11.3 Å². The summed E-state index contributed by atoms with van der Waals surface area (Å²) in [4.78, 5) is 8.81. The van der Waals surface area contributed by atoms with E-state index in [9.17, 15) is 8.42 Å². The van der Waals surface area contributed by atoms with Crippen LogP contribution in [0.2, 0.25) is 0 Å². The number of rotatable bonds is 2. The van der Waals surface area contributed by atoms with Crippen molar-refractivity contribution in [1.82, 2.24) is 9.97 Å². The molecule has 0 aromatic carbocycles. The van der Waals surface area contributed by atoms with Crippen LogP contribution in [0.25, 0.3) is 10.4 Å². The zero-order valence-corrected chi connectivity index (χ0v) is 9.55. The molecule has 2 aromatic rings. The van der Waals surface area contributed by atoms with E-state index in [1.165, 1.54) is 17.4 Å². The predicted molar refractivity (Wildman–Crippen MR) is 58.5 cm³/mol. The predicted octanol–water partition coefficient (Wildman–Crippen LogP) is 1.61. The maximum Gasteiger partial charge on any atom is 0.192 e. The third kappa shape index (κ3) is 2.21. The molecule has 78 valence electrons. The molecule has 4 nitrogen and oxygen atoms in total. The molecule has 0 amide bonds. The van der Waals surface area contributed by atoms with Gasteiger partial charge in [-0.1, -0.05) is 0 Å². The second kappa shape index (κ2) is 3.71. The van der Waals surface area contributed by atoms with Crippen molar-refractivity contribution in [3.8, 4) is 10.4 Å². The second-order valence-electron chi connectivity index (χ2n) is 3.02. The quantitative estimate of drug-likeness (QED) is 0.800. The van der Waals surface area contributed by atoms with Gasteiger partial charge in [0.1, 0.15) is 0 Å². The number of pyridine rings is 1. The van der Waals surface area contributed by atoms with E-state index in [-0.39, 0.29) is 5.03 Å². The topological polar surface area (TPSA) is 59.9 Å². The Balaban J connectivity index is 2.42. The van der Waals surface area contributed by atoms with Crippen LogP contribution in [0, 0.1) is 0 Å². The first kappa shape index (κ1) is 10.3. The Kier molecular flexibility index (Phi) is 2.54. The molecule has 0 atom stereocenters. The van der Waals surface area contributed by atoms with Gasteiger partial charge in [0.15, 0.2) is 14.9 Å². The van der Waals surface area contributed by atoms with Crippen LogP contribution in [0.4, 0.5) is 0 Å². The van der Waals surface area contributed by atoms with E-state index in [2.05, 4.69) is 9.97 Å². The molecule has 0 N–H and O–H groups in total. The van der Waals surface area contributed by atoms with Gasteiger partial charge in [0.05, 0.1) is 10.4 Å². The fourth-order valence-corrected chi connectivity index (χ4v) is 2.28. The SMILES string of the molecule is CS(=O)(=O)c1ccc(-c2cncs2)cn1. The van der Waals surface area contributed by atoms with Crippen molar-refractivity contribution in [2.45, 2.75) is 5.03 Å². The van der Waals surface area contributed by atoms with Crippen molar-refractivity contribution >= 4 is 21.2 Å². The van der Waals surface area contributed by atoms with E-state index >= 15 is 0 Å². The third-order valence-electron chi connectivity index (χ3n) is 1.83. The first-order valence-corrected chi connectivity index (χ1v) is 6.89. The van der Waals surface area contributed by atoms with Crippen molar-refractivity contribution in [1.29, 1.82) is 0 Å². The Bertz CT molecular complexity index is 544. The van der Waals surface area contributed by atoms with Crippen molar-refractivity contribution in [3.05, 3.63) is 30.0 Å². The number of hydrogen-bond acceptors (Lipinski definition) is 5. The molecule has 0 bridgehead atoms. The van der Waals surface area contributed by atoms with Crippen LogP contribution in [0.3, 0.4) is 0 Å². The number of sulfone groups is 1. The molecule has 15 heavy (non-hydrogen) atoms. The van der Waals surface area contributed by atoms with Crippen LogP contribution in [0.5, 0.6) is 0 Å². The van der Waals surface area contributed by atoms with E-state index in [0.29, 0.717) is 0 Å². The lowest BCUT2D eigenvalue weighted by atomic mass is 10.2. The fraction of sp³-hybridized carbons (Fsp3) is 0.111. The Morgan fingerprint density at radius 1 is 1.27 bits per heavy atom. The molecular weight excluding hydrogens is 232 g/mol. The molecular formula is C9H8N2O2S2. The summed E-state index contributed by atoms with van der Waals surface area (Å²) in [6.07, 6.45) is 4.41. The Morgan fingerprint density at radius 2 is 2.07 bits per heavy atom. The van der Waals surface area contributed by atoms with Crippen molar-refractivity contribution < 1.29 is 8.42 Å². The molecule has 0 aliphatic heterocycles. The molecule has 0 aliphatic rings. The van der Waals surface area contributed by atoms with Crippen molar-refractivity contribution in [3.63, 3.8) is 0 Å². The van der Waals surface area contributed by atoms with Crippen LogP contribution in [0.1, 0.15) is 0 Å². The molecule has 2 heterocycles. The van der Waals surface area contributed by atoms with Gasteiger partial charge >= 0.3 is 0 Å². The maximum absolute atomic E-state index is 11.2. The third-order valence-corrected chi connectivity index (χ3v) is 3.66. The van der Waals surface area contributed by atoms with Gasteiger partial charge < -0.3 is 0 Å². The number of aromatic nitrogens is 2. The zero-order valence-electron chi connectivity index (χ0n) is 7.91. The second-order valence-corrected chi connectivity index (χ2v) is 5.87. The fourth-order valence-electron chi connectivity index (χ4n) is 1.10. The Morgan fingerprint density at radius 3 is 2.53 bits per heavy atom. The minimum absolute atomic E-state index is 0.0933. The lowest BCUT2D eigenvalue weighted by molar-refractivity contribution is 0.598. The molecule has 0 fully saturated rings. The average Bonchev–Trinajstić information content (AvgIpc) is 2.69. The van der Waals surface area contributed by atoms with E-state index in [1.807, 2.05) is 0 Å². The minimum atomic E-state index is -3.21. The van der Waals surface area contributed by atoms with Gasteiger partial charge in [-0.2, -0.15) is 0 Å². The molecule has 2 rings (SSSR count). The van der Waals surface area contributed by atoms with Crippen LogP contribution in [-0.4, -0.2) is 24.6 Å². The van der Waals surface area contributed by atoms with Gasteiger partial charge in [-0.25, -0.2) is 13.4 Å². The first-order chi connectivity index (χ1) is 7.07. The summed E-state index contributed by atoms with van der Waals surface area (Å²) in [5.74, 6) is 0. The molecule has 2 aromatic heterocycles. The van der Waals surface area contributed by atoms with Crippen LogP contribution in [-0.2, 0) is 9.84 Å².